The van der Waals surface area contributed by atoms with E-state index in [0.29, 0.717) is 9.79 Å². The summed E-state index contributed by atoms with van der Waals surface area (Å²) in [4.78, 5) is 0.591. The first-order valence-corrected chi connectivity index (χ1v) is 13.3. The number of piperazine rings is 1. The van der Waals surface area contributed by atoms with Gasteiger partial charge in [0, 0.05) is 25.7 Å². The van der Waals surface area contributed by atoms with Gasteiger partial charge >= 0.3 is 0 Å². The third-order valence-corrected chi connectivity index (χ3v) is 10.9. The van der Waals surface area contributed by atoms with Crippen LogP contribution in [0.3, 0.4) is 0 Å². The van der Waals surface area contributed by atoms with Gasteiger partial charge in [0.25, 0.3) is 0 Å². The van der Waals surface area contributed by atoms with Crippen LogP contribution in [-0.2, 0) is 20.0 Å². The van der Waals surface area contributed by atoms with Crippen LogP contribution in [0.25, 0.3) is 0 Å². The molecule has 0 unspecified atom stereocenters. The summed E-state index contributed by atoms with van der Waals surface area (Å²) in [6, 6.07) is 6.48. The molecule has 0 saturated carbocycles. The number of rotatable bonds is 4. The van der Waals surface area contributed by atoms with Crippen LogP contribution in [0.2, 0.25) is 0 Å². The molecule has 0 radical (unpaired) electrons. The van der Waals surface area contributed by atoms with Crippen molar-refractivity contribution in [1.29, 1.82) is 0 Å². The molecule has 31 heavy (non-hydrogen) atoms. The molecule has 0 bridgehead atoms. The van der Waals surface area contributed by atoms with E-state index in [4.69, 9.17) is 0 Å². The Morgan fingerprint density at radius 1 is 0.677 bits per heavy atom. The highest BCUT2D eigenvalue weighted by atomic mass is 32.2. The zero-order valence-corrected chi connectivity index (χ0v) is 21.0. The molecule has 1 aliphatic rings. The number of nitrogens with zero attached hydrogens (tertiary/aromatic N) is 2. The summed E-state index contributed by atoms with van der Waals surface area (Å²) in [6.07, 6.45) is 0. The van der Waals surface area contributed by atoms with Crippen molar-refractivity contribution < 1.29 is 16.8 Å². The molecule has 2 aromatic rings. The fourth-order valence-electron chi connectivity index (χ4n) is 4.17. The third kappa shape index (κ3) is 4.06. The lowest BCUT2D eigenvalue weighted by Crippen LogP contribution is -2.55. The van der Waals surface area contributed by atoms with Crippen LogP contribution in [0.4, 0.5) is 0 Å². The number of aryl methyl sites for hydroxylation is 2. The minimum atomic E-state index is -3.72. The summed E-state index contributed by atoms with van der Waals surface area (Å²) in [5, 5.41) is 0. The summed E-state index contributed by atoms with van der Waals surface area (Å²) >= 11 is 0. The van der Waals surface area contributed by atoms with Crippen LogP contribution < -0.4 is 0 Å². The van der Waals surface area contributed by atoms with Crippen LogP contribution in [-0.4, -0.2) is 51.1 Å². The van der Waals surface area contributed by atoms with Crippen molar-refractivity contribution in [2.45, 2.75) is 64.3 Å². The summed E-state index contributed by atoms with van der Waals surface area (Å²) < 4.78 is 56.3. The van der Waals surface area contributed by atoms with Crippen molar-refractivity contribution >= 4 is 20.0 Å². The molecule has 8 heteroatoms. The predicted octanol–water partition coefficient (Wildman–Crippen LogP) is 3.62. The van der Waals surface area contributed by atoms with Crippen LogP contribution in [0.5, 0.6) is 0 Å². The Hall–Kier alpha value is -1.74. The smallest absolute Gasteiger partial charge is 0.207 e. The maximum atomic E-state index is 13.4. The molecular formula is C23H32N2O4S2. The first kappa shape index (κ1) is 23.9. The van der Waals surface area contributed by atoms with Crippen molar-refractivity contribution in [2.75, 3.05) is 19.6 Å². The monoisotopic (exact) mass is 464 g/mol. The predicted molar refractivity (Wildman–Crippen MR) is 123 cm³/mol. The minimum absolute atomic E-state index is 0.123. The Labute approximate surface area is 187 Å². The fourth-order valence-corrected chi connectivity index (χ4v) is 7.86. The first-order valence-electron chi connectivity index (χ1n) is 10.5. The number of benzene rings is 2. The molecule has 1 fully saturated rings. The molecule has 1 atom stereocenters. The summed E-state index contributed by atoms with van der Waals surface area (Å²) in [7, 11) is -7.43. The van der Waals surface area contributed by atoms with Crippen molar-refractivity contribution in [3.8, 4) is 0 Å². The molecule has 0 aromatic heterocycles. The van der Waals surface area contributed by atoms with Gasteiger partial charge in [-0.2, -0.15) is 8.61 Å². The maximum absolute atomic E-state index is 13.4. The van der Waals surface area contributed by atoms with Gasteiger partial charge in [-0.15, -0.1) is 0 Å². The third-order valence-electron chi connectivity index (χ3n) is 6.75. The Morgan fingerprint density at radius 3 is 1.58 bits per heavy atom. The van der Waals surface area contributed by atoms with E-state index in [9.17, 15) is 16.8 Å². The molecule has 0 N–H and O–H groups in total. The molecule has 0 spiro atoms. The van der Waals surface area contributed by atoms with Crippen molar-refractivity contribution in [2.24, 2.45) is 0 Å². The van der Waals surface area contributed by atoms with Crippen molar-refractivity contribution in [3.05, 3.63) is 57.6 Å². The van der Waals surface area contributed by atoms with Gasteiger partial charge in [0.05, 0.1) is 9.79 Å². The highest BCUT2D eigenvalue weighted by Gasteiger charge is 2.39. The normalized spacial score (nSPS) is 19.0. The van der Waals surface area contributed by atoms with Crippen LogP contribution in [0.1, 0.15) is 40.3 Å². The highest BCUT2D eigenvalue weighted by molar-refractivity contribution is 7.89. The molecule has 0 amide bonds. The van der Waals surface area contributed by atoms with Crippen LogP contribution >= 0.6 is 0 Å². The first-order chi connectivity index (χ1) is 14.3. The average molecular weight is 465 g/mol. The molecule has 0 aliphatic carbocycles. The van der Waals surface area contributed by atoms with E-state index >= 15 is 0 Å². The second-order valence-corrected chi connectivity index (χ2v) is 12.4. The molecule has 1 aliphatic heterocycles. The van der Waals surface area contributed by atoms with E-state index in [1.165, 1.54) is 8.61 Å². The fraction of sp³-hybridized carbons (Fsp3) is 0.478. The lowest BCUT2D eigenvalue weighted by molar-refractivity contribution is 0.212. The minimum Gasteiger partial charge on any atom is -0.207 e. The molecule has 170 valence electrons. The van der Waals surface area contributed by atoms with Gasteiger partial charge in [0.1, 0.15) is 0 Å². The molecule has 1 saturated heterocycles. The molecule has 6 nitrogen and oxygen atoms in total. The number of hydrogen-bond acceptors (Lipinski definition) is 4. The number of hydrogen-bond donors (Lipinski definition) is 0. The summed E-state index contributed by atoms with van der Waals surface area (Å²) in [6.45, 7) is 13.5. The summed E-state index contributed by atoms with van der Waals surface area (Å²) in [5.74, 6) is 0. The Bertz CT molecular complexity index is 1230. The van der Waals surface area contributed by atoms with Gasteiger partial charge in [0.15, 0.2) is 0 Å². The van der Waals surface area contributed by atoms with Gasteiger partial charge in [-0.1, -0.05) is 12.1 Å². The summed E-state index contributed by atoms with van der Waals surface area (Å²) in [5.41, 5.74) is 5.50. The van der Waals surface area contributed by atoms with E-state index in [1.54, 1.807) is 19.1 Å². The average Bonchev–Trinajstić information content (AvgIpc) is 2.69. The topological polar surface area (TPSA) is 74.8 Å². The number of sulfonamides is 2. The van der Waals surface area contributed by atoms with Crippen molar-refractivity contribution in [3.63, 3.8) is 0 Å². The maximum Gasteiger partial charge on any atom is 0.243 e. The lowest BCUT2D eigenvalue weighted by Gasteiger charge is -2.38. The molecule has 2 aromatic carbocycles. The van der Waals surface area contributed by atoms with Crippen LogP contribution in [0.15, 0.2) is 34.1 Å². The van der Waals surface area contributed by atoms with Gasteiger partial charge in [-0.05, 0) is 94.0 Å². The van der Waals surface area contributed by atoms with E-state index < -0.39 is 26.1 Å². The Balaban J connectivity index is 1.91. The Kier molecular flexibility index (Phi) is 6.41. The quantitative estimate of drug-likeness (QED) is 0.693. The highest BCUT2D eigenvalue weighted by Crippen LogP contribution is 2.30. The molecule has 3 rings (SSSR count). The Morgan fingerprint density at radius 2 is 1.13 bits per heavy atom. The van der Waals surface area contributed by atoms with Crippen molar-refractivity contribution in [1.82, 2.24) is 8.61 Å². The standard InChI is InChI=1S/C23H32N2O4S2/c1-15-8-10-22(20(6)18(15)4)30(26,27)24-12-13-25(17(3)14-24)31(28,29)23-11-9-16(2)19(5)21(23)7/h8-11,17H,12-14H2,1-7H3/t17-/m1/s1. The van der Waals surface area contributed by atoms with Gasteiger partial charge in [-0.25, -0.2) is 16.8 Å². The van der Waals surface area contributed by atoms with E-state index in [0.717, 1.165) is 33.4 Å². The zero-order valence-electron chi connectivity index (χ0n) is 19.4. The van der Waals surface area contributed by atoms with Crippen LogP contribution in [0, 0.1) is 41.5 Å². The van der Waals surface area contributed by atoms with E-state index in [1.807, 2.05) is 53.7 Å². The van der Waals surface area contributed by atoms with E-state index in [-0.39, 0.29) is 19.6 Å². The SMILES string of the molecule is Cc1ccc(S(=O)(=O)N2CCN(S(=O)(=O)c3ccc(C)c(C)c3C)[C@H](C)C2)c(C)c1C. The lowest BCUT2D eigenvalue weighted by atomic mass is 10.1. The largest absolute Gasteiger partial charge is 0.243 e. The second kappa shape index (κ2) is 8.31. The zero-order chi connectivity index (χ0) is 23.3. The second-order valence-electron chi connectivity index (χ2n) is 8.59. The van der Waals surface area contributed by atoms with Gasteiger partial charge in [0.2, 0.25) is 20.0 Å². The molecular weight excluding hydrogens is 432 g/mol. The van der Waals surface area contributed by atoms with Gasteiger partial charge in [-0.3, -0.25) is 0 Å². The van der Waals surface area contributed by atoms with Gasteiger partial charge < -0.3 is 0 Å². The van der Waals surface area contributed by atoms with E-state index in [2.05, 4.69) is 0 Å². The molecule has 1 heterocycles.